The number of H-pyrrole nitrogens is 1. The second kappa shape index (κ2) is 11.4. The van der Waals surface area contributed by atoms with E-state index in [2.05, 4.69) is 76.9 Å². The molecule has 0 saturated carbocycles. The average molecular weight is 584 g/mol. The number of ether oxygens (including phenoxy) is 1. The van der Waals surface area contributed by atoms with Gasteiger partial charge < -0.3 is 13.8 Å². The first kappa shape index (κ1) is 27.7. The molecule has 6 rings (SSSR count). The van der Waals surface area contributed by atoms with Crippen LogP contribution in [0, 0.1) is 0 Å². The van der Waals surface area contributed by atoms with Gasteiger partial charge in [0.1, 0.15) is 14.2 Å². The second-order valence-corrected chi connectivity index (χ2v) is 16.7. The highest BCUT2D eigenvalue weighted by Crippen LogP contribution is 2.59. The summed E-state index contributed by atoms with van der Waals surface area (Å²) < 4.78 is 38.5. The van der Waals surface area contributed by atoms with Crippen LogP contribution < -0.4 is 21.6 Å². The monoisotopic (exact) mass is 583 g/mol. The molecule has 212 valence electrons. The first-order valence-corrected chi connectivity index (χ1v) is 17.8. The van der Waals surface area contributed by atoms with E-state index >= 15 is 4.39 Å². The summed E-state index contributed by atoms with van der Waals surface area (Å²) in [6.45, 7) is 5.17. The maximum atomic E-state index is 15.9. The molecular weight excluding hydrogens is 548 g/mol. The number of alkyl halides is 1. The fraction of sp³-hybridized carbons (Fsp3) is 0.448. The van der Waals surface area contributed by atoms with E-state index in [1.807, 2.05) is 6.92 Å². The lowest BCUT2D eigenvalue weighted by molar-refractivity contribution is -0.0269. The smallest absolute Gasteiger partial charge is 0.330 e. The summed E-state index contributed by atoms with van der Waals surface area (Å²) in [4.78, 5) is 26.1. The Morgan fingerprint density at radius 2 is 1.73 bits per heavy atom. The van der Waals surface area contributed by atoms with Crippen LogP contribution in [-0.2, 0) is 13.8 Å². The van der Waals surface area contributed by atoms with Crippen molar-refractivity contribution in [2.24, 2.45) is 0 Å². The molecule has 40 heavy (non-hydrogen) atoms. The Hall–Kier alpha value is -2.46. The molecule has 1 aromatic heterocycles. The summed E-state index contributed by atoms with van der Waals surface area (Å²) in [5, 5.41) is 2.72. The van der Waals surface area contributed by atoms with Gasteiger partial charge in [0.25, 0.3) is 14.1 Å². The van der Waals surface area contributed by atoms with Crippen molar-refractivity contribution in [2.45, 2.75) is 75.5 Å². The number of fused-ring (bicyclic) bond motifs is 1. The number of nitrogens with one attached hydrogen (secondary N) is 1. The largest absolute Gasteiger partial charge is 0.349 e. The van der Waals surface area contributed by atoms with Gasteiger partial charge in [-0.05, 0) is 25.3 Å². The summed E-state index contributed by atoms with van der Waals surface area (Å²) in [5.74, 6) is 0. The van der Waals surface area contributed by atoms with Crippen LogP contribution >= 0.6 is 8.53 Å². The minimum absolute atomic E-state index is 0.0243. The van der Waals surface area contributed by atoms with Crippen LogP contribution in [-0.4, -0.2) is 59.4 Å². The quantitative estimate of drug-likeness (QED) is 0.323. The molecule has 0 radical (unpaired) electrons. The van der Waals surface area contributed by atoms with Crippen molar-refractivity contribution in [1.82, 2.24) is 14.2 Å². The predicted molar refractivity (Wildman–Crippen MR) is 155 cm³/mol. The number of hydrogen-bond acceptors (Lipinski definition) is 6. The van der Waals surface area contributed by atoms with Crippen molar-refractivity contribution in [3.8, 4) is 0 Å². The van der Waals surface area contributed by atoms with Gasteiger partial charge in [-0.3, -0.25) is 14.3 Å². The van der Waals surface area contributed by atoms with Crippen molar-refractivity contribution < 1.29 is 18.2 Å². The number of nitrogens with zero attached hydrogens (tertiary/aromatic N) is 2. The van der Waals surface area contributed by atoms with Gasteiger partial charge in [0.15, 0.2) is 12.4 Å². The maximum absolute atomic E-state index is 15.9. The zero-order chi connectivity index (χ0) is 27.9. The number of hydrogen-bond donors (Lipinski definition) is 1. The molecular formula is C29H35FN3O5PSi. The van der Waals surface area contributed by atoms with Gasteiger partial charge in [0.2, 0.25) is 0 Å². The minimum atomic E-state index is -2.16. The molecule has 8 nitrogen and oxygen atoms in total. The van der Waals surface area contributed by atoms with E-state index in [9.17, 15) is 9.59 Å². The standard InChI is InChI=1S/C29H35FN3O5PSi/c1-3-23-27(26(30)28(36-23)32-18-16-25(34)31-29(32)35)38-39-33-17-10-15-22(33)24(37-39)19-40(2,20-11-6-4-7-12-20)21-13-8-5-9-14-21/h4-9,11-14,16,18,22-24,26-28H,3,10,15,17,19H2,1-2H3,(H,31,34,35)/t22-,23+,24+,26?,27-,28+,39+/m0/s1. The van der Waals surface area contributed by atoms with Gasteiger partial charge in [-0.25, -0.2) is 13.9 Å². The number of aromatic nitrogens is 2. The van der Waals surface area contributed by atoms with Crippen molar-refractivity contribution >= 4 is 27.0 Å². The van der Waals surface area contributed by atoms with E-state index in [4.69, 9.17) is 13.8 Å². The lowest BCUT2D eigenvalue weighted by Gasteiger charge is -2.32. The summed E-state index contributed by atoms with van der Waals surface area (Å²) in [6, 6.07) is 23.8. The Balaban J connectivity index is 1.24. The highest BCUT2D eigenvalue weighted by Gasteiger charge is 2.54. The topological polar surface area (TPSA) is 85.8 Å². The third kappa shape index (κ3) is 5.06. The summed E-state index contributed by atoms with van der Waals surface area (Å²) in [6.07, 6.45) is -0.350. The number of aromatic amines is 1. The third-order valence-corrected chi connectivity index (χ3v) is 14.8. The summed E-state index contributed by atoms with van der Waals surface area (Å²) >= 11 is 0. The number of rotatable bonds is 8. The zero-order valence-corrected chi connectivity index (χ0v) is 24.6. The van der Waals surface area contributed by atoms with Crippen LogP contribution in [0.3, 0.4) is 0 Å². The summed E-state index contributed by atoms with van der Waals surface area (Å²) in [7, 11) is -3.66. The fourth-order valence-electron chi connectivity index (χ4n) is 6.38. The molecule has 1 unspecified atom stereocenters. The van der Waals surface area contributed by atoms with Crippen LogP contribution in [0.2, 0.25) is 12.6 Å². The van der Waals surface area contributed by atoms with Gasteiger partial charge in [0.05, 0.1) is 12.2 Å². The second-order valence-electron chi connectivity index (χ2n) is 11.0. The first-order chi connectivity index (χ1) is 19.4. The molecule has 3 aliphatic heterocycles. The highest BCUT2D eigenvalue weighted by atomic mass is 31.2. The Labute approximate surface area is 235 Å². The van der Waals surface area contributed by atoms with Gasteiger partial charge in [-0.1, -0.05) is 84.5 Å². The highest BCUT2D eigenvalue weighted by molar-refractivity contribution is 7.45. The molecule has 0 spiro atoms. The normalized spacial score (nSPS) is 30.5. The number of halogens is 1. The molecule has 0 amide bonds. The van der Waals surface area contributed by atoms with Crippen molar-refractivity contribution in [1.29, 1.82) is 0 Å². The molecule has 2 aromatic carbocycles. The molecule has 1 N–H and O–H groups in total. The molecule has 4 heterocycles. The lowest BCUT2D eigenvalue weighted by atomic mass is 10.1. The van der Waals surface area contributed by atoms with Crippen LogP contribution in [0.4, 0.5) is 4.39 Å². The Kier molecular flexibility index (Phi) is 7.91. The lowest BCUT2D eigenvalue weighted by Crippen LogP contribution is -2.58. The van der Waals surface area contributed by atoms with Gasteiger partial charge >= 0.3 is 5.69 Å². The zero-order valence-electron chi connectivity index (χ0n) is 22.7. The molecule has 3 fully saturated rings. The van der Waals surface area contributed by atoms with Crippen LogP contribution in [0.5, 0.6) is 0 Å². The average Bonchev–Trinajstić information content (AvgIpc) is 3.66. The molecule has 0 aliphatic carbocycles. The Morgan fingerprint density at radius 1 is 1.05 bits per heavy atom. The maximum Gasteiger partial charge on any atom is 0.330 e. The molecule has 0 bridgehead atoms. The van der Waals surface area contributed by atoms with Crippen LogP contribution in [0.25, 0.3) is 0 Å². The first-order valence-electron chi connectivity index (χ1n) is 14.0. The SMILES string of the molecule is CC[C@H]1O[C@@H](n2ccc(=O)[nH]c2=O)C(F)[C@H]1O[P@@]1O[C@H](C[Si](C)(c2ccccc2)c2ccccc2)[C@@H]2CCCN21. The van der Waals surface area contributed by atoms with E-state index in [1.54, 1.807) is 0 Å². The fourth-order valence-corrected chi connectivity index (χ4v) is 12.4. The van der Waals surface area contributed by atoms with Crippen molar-refractivity contribution in [3.63, 3.8) is 0 Å². The molecule has 3 aliphatic rings. The van der Waals surface area contributed by atoms with Crippen molar-refractivity contribution in [3.05, 3.63) is 93.8 Å². The summed E-state index contributed by atoms with van der Waals surface area (Å²) in [5.41, 5.74) is -1.24. The molecule has 11 heteroatoms. The van der Waals surface area contributed by atoms with Crippen LogP contribution in [0.15, 0.2) is 82.5 Å². The van der Waals surface area contributed by atoms with E-state index in [0.717, 1.165) is 30.0 Å². The molecule has 3 aromatic rings. The van der Waals surface area contributed by atoms with E-state index in [0.29, 0.717) is 6.42 Å². The Morgan fingerprint density at radius 3 is 2.35 bits per heavy atom. The van der Waals surface area contributed by atoms with Gasteiger partial charge in [0, 0.05) is 24.8 Å². The Bertz CT molecular complexity index is 1390. The molecule has 3 saturated heterocycles. The third-order valence-electron chi connectivity index (χ3n) is 8.57. The van der Waals surface area contributed by atoms with Crippen LogP contribution in [0.1, 0.15) is 32.4 Å². The van der Waals surface area contributed by atoms with Gasteiger partial charge in [-0.15, -0.1) is 0 Å². The van der Waals surface area contributed by atoms with Crippen molar-refractivity contribution in [2.75, 3.05) is 6.54 Å². The number of benzene rings is 2. The van der Waals surface area contributed by atoms with E-state index in [-0.39, 0.29) is 12.1 Å². The predicted octanol–water partition coefficient (Wildman–Crippen LogP) is 3.55. The van der Waals surface area contributed by atoms with E-state index in [1.165, 1.54) is 22.6 Å². The minimum Gasteiger partial charge on any atom is -0.349 e. The van der Waals surface area contributed by atoms with E-state index < -0.39 is 52.5 Å². The molecule has 7 atom stereocenters. The van der Waals surface area contributed by atoms with Gasteiger partial charge in [-0.2, -0.15) is 0 Å².